The third kappa shape index (κ3) is 2.76. The number of para-hydroxylation sites is 1. The van der Waals surface area contributed by atoms with Crippen LogP contribution < -0.4 is 9.64 Å². The predicted octanol–water partition coefficient (Wildman–Crippen LogP) is 3.64. The van der Waals surface area contributed by atoms with Crippen LogP contribution in [0.2, 0.25) is 0 Å². The minimum atomic E-state index is -0.339. The van der Waals surface area contributed by atoms with Gasteiger partial charge in [-0.05, 0) is 36.4 Å². The van der Waals surface area contributed by atoms with E-state index >= 15 is 0 Å². The minimum absolute atomic E-state index is 0.301. The molecule has 1 aliphatic rings. The van der Waals surface area contributed by atoms with Gasteiger partial charge in [0.15, 0.2) is 6.10 Å². The van der Waals surface area contributed by atoms with Crippen molar-refractivity contribution in [2.24, 2.45) is 0 Å². The van der Waals surface area contributed by atoms with Crippen molar-refractivity contribution in [3.8, 4) is 5.75 Å². The molecule has 120 valence electrons. The molecule has 0 radical (unpaired) electrons. The molecule has 3 aromatic rings. The van der Waals surface area contributed by atoms with Crippen LogP contribution in [-0.2, 0) is 4.74 Å². The molecule has 1 fully saturated rings. The molecule has 1 amide bonds. The lowest BCUT2D eigenvalue weighted by molar-refractivity contribution is 0.105. The number of rotatable bonds is 4. The second-order valence-electron chi connectivity index (χ2n) is 5.59. The van der Waals surface area contributed by atoms with Gasteiger partial charge in [0.05, 0.1) is 12.1 Å². The molecule has 1 saturated heterocycles. The first kappa shape index (κ1) is 14.5. The van der Waals surface area contributed by atoms with Gasteiger partial charge in [-0.1, -0.05) is 24.3 Å². The molecule has 0 spiro atoms. The summed E-state index contributed by atoms with van der Waals surface area (Å²) < 4.78 is 11.3. The number of cyclic esters (lactones) is 1. The lowest BCUT2D eigenvalue weighted by Gasteiger charge is -2.13. The van der Waals surface area contributed by atoms with Crippen LogP contribution in [0.4, 0.5) is 10.5 Å². The first-order valence-electron chi connectivity index (χ1n) is 7.81. The molecular weight excluding hydrogens is 304 g/mol. The molecule has 0 N–H and O–H groups in total. The summed E-state index contributed by atoms with van der Waals surface area (Å²) in [5.74, 6) is 0.745. The summed E-state index contributed by atoms with van der Waals surface area (Å²) in [5, 5.41) is 0.948. The molecule has 5 heteroatoms. The molecule has 4 rings (SSSR count). The first-order valence-corrected chi connectivity index (χ1v) is 7.81. The maximum atomic E-state index is 12.0. The SMILES string of the molecule is O=C1OC(COc2cccc3ncccc23)CN1c1ccccc1. The molecule has 1 atom stereocenters. The Morgan fingerprint density at radius 3 is 2.83 bits per heavy atom. The van der Waals surface area contributed by atoms with Crippen LogP contribution in [-0.4, -0.2) is 30.3 Å². The van der Waals surface area contributed by atoms with E-state index in [9.17, 15) is 4.79 Å². The van der Waals surface area contributed by atoms with Crippen LogP contribution in [0.5, 0.6) is 5.75 Å². The number of carbonyl (C=O) groups excluding carboxylic acids is 1. The van der Waals surface area contributed by atoms with Gasteiger partial charge in [0.2, 0.25) is 0 Å². The van der Waals surface area contributed by atoms with Gasteiger partial charge in [0.25, 0.3) is 0 Å². The number of hydrogen-bond acceptors (Lipinski definition) is 4. The van der Waals surface area contributed by atoms with Gasteiger partial charge in [-0.15, -0.1) is 0 Å². The Morgan fingerprint density at radius 2 is 1.96 bits per heavy atom. The molecule has 0 bridgehead atoms. The van der Waals surface area contributed by atoms with E-state index in [1.807, 2.05) is 60.7 Å². The molecule has 1 unspecified atom stereocenters. The van der Waals surface area contributed by atoms with Crippen molar-refractivity contribution in [2.75, 3.05) is 18.1 Å². The summed E-state index contributed by atoms with van der Waals surface area (Å²) in [6, 6.07) is 19.1. The van der Waals surface area contributed by atoms with Gasteiger partial charge in [-0.3, -0.25) is 9.88 Å². The second kappa shape index (κ2) is 6.20. The quantitative estimate of drug-likeness (QED) is 0.736. The number of benzene rings is 2. The number of carbonyl (C=O) groups is 1. The van der Waals surface area contributed by atoms with Crippen molar-refractivity contribution in [2.45, 2.75) is 6.10 Å². The Bertz CT molecular complexity index is 861. The first-order chi connectivity index (χ1) is 11.8. The highest BCUT2D eigenvalue weighted by Gasteiger charge is 2.32. The number of pyridine rings is 1. The molecule has 24 heavy (non-hydrogen) atoms. The summed E-state index contributed by atoms with van der Waals surface area (Å²) in [5.41, 5.74) is 1.71. The van der Waals surface area contributed by atoms with Crippen LogP contribution in [0.1, 0.15) is 0 Å². The third-order valence-electron chi connectivity index (χ3n) is 3.97. The summed E-state index contributed by atoms with van der Waals surface area (Å²) in [4.78, 5) is 18.0. The number of nitrogens with zero attached hydrogens (tertiary/aromatic N) is 2. The average Bonchev–Trinajstić information content (AvgIpc) is 3.01. The summed E-state index contributed by atoms with van der Waals surface area (Å²) in [7, 11) is 0. The van der Waals surface area contributed by atoms with Crippen molar-refractivity contribution >= 4 is 22.7 Å². The van der Waals surface area contributed by atoms with Gasteiger partial charge in [0.1, 0.15) is 12.4 Å². The van der Waals surface area contributed by atoms with E-state index in [0.717, 1.165) is 22.3 Å². The van der Waals surface area contributed by atoms with E-state index in [-0.39, 0.29) is 12.2 Å². The number of ether oxygens (including phenoxy) is 2. The fourth-order valence-corrected chi connectivity index (χ4v) is 2.81. The highest BCUT2D eigenvalue weighted by Crippen LogP contribution is 2.25. The van der Waals surface area contributed by atoms with Crippen molar-refractivity contribution in [3.05, 3.63) is 66.9 Å². The molecule has 2 aromatic carbocycles. The second-order valence-corrected chi connectivity index (χ2v) is 5.59. The van der Waals surface area contributed by atoms with E-state index < -0.39 is 0 Å². The minimum Gasteiger partial charge on any atom is -0.489 e. The van der Waals surface area contributed by atoms with Gasteiger partial charge >= 0.3 is 6.09 Å². The Morgan fingerprint density at radius 1 is 1.08 bits per heavy atom. The maximum absolute atomic E-state index is 12.0. The molecule has 0 saturated carbocycles. The summed E-state index contributed by atoms with van der Waals surface area (Å²) >= 11 is 0. The Balaban J connectivity index is 1.46. The Labute approximate surface area is 139 Å². The standard InChI is InChI=1S/C19H16N2O3/c22-19-21(14-6-2-1-3-7-14)12-15(24-19)13-23-18-10-4-9-17-16(18)8-5-11-20-17/h1-11,15H,12-13H2. The molecule has 5 nitrogen and oxygen atoms in total. The van der Waals surface area contributed by atoms with Crippen molar-refractivity contribution < 1.29 is 14.3 Å². The lowest BCUT2D eigenvalue weighted by atomic mass is 10.2. The zero-order valence-electron chi connectivity index (χ0n) is 13.0. The zero-order chi connectivity index (χ0) is 16.4. The number of anilines is 1. The topological polar surface area (TPSA) is 51.7 Å². The number of aromatic nitrogens is 1. The van der Waals surface area contributed by atoms with Crippen molar-refractivity contribution in [3.63, 3.8) is 0 Å². The Kier molecular flexibility index (Phi) is 3.75. The maximum Gasteiger partial charge on any atom is 0.414 e. The predicted molar refractivity (Wildman–Crippen MR) is 91.3 cm³/mol. The summed E-state index contributed by atoms with van der Waals surface area (Å²) in [6.07, 6.45) is 1.11. The zero-order valence-corrected chi connectivity index (χ0v) is 13.0. The van der Waals surface area contributed by atoms with Gasteiger partial charge < -0.3 is 9.47 Å². The monoisotopic (exact) mass is 320 g/mol. The van der Waals surface area contributed by atoms with Gasteiger partial charge in [0, 0.05) is 17.3 Å². The molecule has 0 aliphatic carbocycles. The number of hydrogen-bond donors (Lipinski definition) is 0. The van der Waals surface area contributed by atoms with E-state index in [0.29, 0.717) is 13.2 Å². The van der Waals surface area contributed by atoms with Crippen LogP contribution in [0, 0.1) is 0 Å². The third-order valence-corrected chi connectivity index (χ3v) is 3.97. The van der Waals surface area contributed by atoms with Crippen LogP contribution >= 0.6 is 0 Å². The fourth-order valence-electron chi connectivity index (χ4n) is 2.81. The largest absolute Gasteiger partial charge is 0.489 e. The van der Waals surface area contributed by atoms with Crippen molar-refractivity contribution in [1.29, 1.82) is 0 Å². The van der Waals surface area contributed by atoms with Crippen LogP contribution in [0.3, 0.4) is 0 Å². The van der Waals surface area contributed by atoms with E-state index in [1.165, 1.54) is 0 Å². The molecular formula is C19H16N2O3. The number of amides is 1. The highest BCUT2D eigenvalue weighted by atomic mass is 16.6. The summed E-state index contributed by atoms with van der Waals surface area (Å²) in [6.45, 7) is 0.787. The molecule has 1 aromatic heterocycles. The smallest absolute Gasteiger partial charge is 0.414 e. The van der Waals surface area contributed by atoms with Crippen molar-refractivity contribution in [1.82, 2.24) is 4.98 Å². The molecule has 1 aliphatic heterocycles. The van der Waals surface area contributed by atoms with Gasteiger partial charge in [-0.2, -0.15) is 0 Å². The van der Waals surface area contributed by atoms with E-state index in [2.05, 4.69) is 4.98 Å². The Hall–Kier alpha value is -3.08. The van der Waals surface area contributed by atoms with E-state index in [1.54, 1.807) is 11.1 Å². The molecule has 2 heterocycles. The fraction of sp³-hybridized carbons (Fsp3) is 0.158. The number of fused-ring (bicyclic) bond motifs is 1. The lowest BCUT2D eigenvalue weighted by Crippen LogP contribution is -2.26. The normalized spacial score (nSPS) is 17.1. The van der Waals surface area contributed by atoms with Gasteiger partial charge in [-0.25, -0.2) is 4.79 Å². The highest BCUT2D eigenvalue weighted by molar-refractivity contribution is 5.89. The van der Waals surface area contributed by atoms with Crippen LogP contribution in [0.15, 0.2) is 66.9 Å². The average molecular weight is 320 g/mol. The van der Waals surface area contributed by atoms with Crippen LogP contribution in [0.25, 0.3) is 10.9 Å². The van der Waals surface area contributed by atoms with E-state index in [4.69, 9.17) is 9.47 Å².